The number of carboxylic acid groups (broad SMARTS) is 1. The number of nitrogens with two attached hydrogens (primary N) is 1. The Hall–Kier alpha value is -1.83. The van der Waals surface area contributed by atoms with E-state index in [0.717, 1.165) is 0 Å². The van der Waals surface area contributed by atoms with Crippen LogP contribution < -0.4 is 5.73 Å². The molecule has 0 rings (SSSR count). The van der Waals surface area contributed by atoms with Crippen molar-refractivity contribution in [2.24, 2.45) is 5.73 Å². The van der Waals surface area contributed by atoms with Crippen LogP contribution >= 0.6 is 0 Å². The summed E-state index contributed by atoms with van der Waals surface area (Å²) >= 11 is 0. The average molecular weight is 318 g/mol. The third kappa shape index (κ3) is 5.51. The summed E-state index contributed by atoms with van der Waals surface area (Å²) in [6, 6.07) is 0. The zero-order chi connectivity index (χ0) is 17.9. The summed E-state index contributed by atoms with van der Waals surface area (Å²) in [5.41, 5.74) is 1.64. The third-order valence-electron chi connectivity index (χ3n) is 2.46. The number of imide groups is 1. The van der Waals surface area contributed by atoms with Crippen LogP contribution in [0.25, 0.3) is 0 Å². The minimum absolute atomic E-state index is 0.208. The van der Waals surface area contributed by atoms with Crippen molar-refractivity contribution < 1.29 is 29.0 Å². The van der Waals surface area contributed by atoms with Crippen LogP contribution in [0.1, 0.15) is 54.9 Å². The molecule has 2 amide bonds. The molecular formula is C14H26N2O6. The summed E-state index contributed by atoms with van der Waals surface area (Å²) in [7, 11) is 0. The first-order valence-electron chi connectivity index (χ1n) is 6.92. The molecule has 0 saturated heterocycles. The maximum Gasteiger partial charge on any atom is 0.421 e. The first kappa shape index (κ1) is 20.2. The molecule has 0 aliphatic carbocycles. The molecular weight excluding hydrogens is 292 g/mol. The standard InChI is InChI=1S/C14H26N2O6/c1-8-14(15,9(17)18)16(10(19)21-12(2,3)4)11(20)22-13(5,6)7/h8,15H2,1-7H3,(H,17,18). The van der Waals surface area contributed by atoms with E-state index in [4.69, 9.17) is 15.2 Å². The van der Waals surface area contributed by atoms with Crippen molar-refractivity contribution in [2.45, 2.75) is 71.8 Å². The number of carbonyl (C=O) groups excluding carboxylic acids is 2. The van der Waals surface area contributed by atoms with Gasteiger partial charge in [-0.25, -0.2) is 14.4 Å². The number of hydrogen-bond acceptors (Lipinski definition) is 6. The fourth-order valence-electron chi connectivity index (χ4n) is 1.42. The Labute approximate surface area is 130 Å². The lowest BCUT2D eigenvalue weighted by Gasteiger charge is -2.36. The highest BCUT2D eigenvalue weighted by Gasteiger charge is 2.49. The van der Waals surface area contributed by atoms with Crippen molar-refractivity contribution >= 4 is 18.2 Å². The Kier molecular flexibility index (Phi) is 5.97. The first-order valence-corrected chi connectivity index (χ1v) is 6.92. The van der Waals surface area contributed by atoms with Gasteiger partial charge in [0, 0.05) is 0 Å². The largest absolute Gasteiger partial charge is 0.478 e. The van der Waals surface area contributed by atoms with E-state index in [1.54, 1.807) is 41.5 Å². The van der Waals surface area contributed by atoms with Crippen molar-refractivity contribution in [3.63, 3.8) is 0 Å². The molecule has 1 atom stereocenters. The van der Waals surface area contributed by atoms with Crippen LogP contribution in [0, 0.1) is 0 Å². The molecule has 0 fully saturated rings. The third-order valence-corrected chi connectivity index (χ3v) is 2.46. The molecule has 0 radical (unpaired) electrons. The lowest BCUT2D eigenvalue weighted by Crippen LogP contribution is -2.66. The number of ether oxygens (including phenoxy) is 2. The van der Waals surface area contributed by atoms with E-state index in [9.17, 15) is 19.5 Å². The molecule has 0 aromatic rings. The van der Waals surface area contributed by atoms with Crippen molar-refractivity contribution in [3.8, 4) is 0 Å². The van der Waals surface area contributed by atoms with E-state index in [1.165, 1.54) is 6.92 Å². The van der Waals surface area contributed by atoms with Crippen LogP contribution in [-0.2, 0) is 14.3 Å². The van der Waals surface area contributed by atoms with Crippen LogP contribution in [-0.4, -0.2) is 45.0 Å². The molecule has 0 aliphatic heterocycles. The van der Waals surface area contributed by atoms with E-state index in [2.05, 4.69) is 0 Å². The van der Waals surface area contributed by atoms with E-state index in [-0.39, 0.29) is 6.42 Å². The fourth-order valence-corrected chi connectivity index (χ4v) is 1.42. The molecule has 3 N–H and O–H groups in total. The van der Waals surface area contributed by atoms with Crippen LogP contribution in [0.3, 0.4) is 0 Å². The second-order valence-electron chi connectivity index (χ2n) is 6.88. The van der Waals surface area contributed by atoms with Crippen LogP contribution in [0.5, 0.6) is 0 Å². The predicted octanol–water partition coefficient (Wildman–Crippen LogP) is 2.31. The van der Waals surface area contributed by atoms with Gasteiger partial charge in [-0.1, -0.05) is 6.92 Å². The summed E-state index contributed by atoms with van der Waals surface area (Å²) in [6.07, 6.45) is -2.55. The van der Waals surface area contributed by atoms with Gasteiger partial charge in [-0.2, -0.15) is 4.90 Å². The molecule has 0 bridgehead atoms. The predicted molar refractivity (Wildman–Crippen MR) is 79.2 cm³/mol. The van der Waals surface area contributed by atoms with Gasteiger partial charge in [0.2, 0.25) is 5.66 Å². The molecule has 8 heteroatoms. The second-order valence-corrected chi connectivity index (χ2v) is 6.88. The van der Waals surface area contributed by atoms with Gasteiger partial charge in [0.05, 0.1) is 0 Å². The van der Waals surface area contributed by atoms with Gasteiger partial charge < -0.3 is 14.6 Å². The van der Waals surface area contributed by atoms with Gasteiger partial charge in [-0.3, -0.25) is 5.73 Å². The Morgan fingerprint density at radius 1 is 0.955 bits per heavy atom. The summed E-state index contributed by atoms with van der Waals surface area (Å²) < 4.78 is 10.2. The summed E-state index contributed by atoms with van der Waals surface area (Å²) in [4.78, 5) is 36.3. The number of rotatable bonds is 3. The maximum absolute atomic E-state index is 12.3. The van der Waals surface area contributed by atoms with Gasteiger partial charge >= 0.3 is 18.2 Å². The first-order chi connectivity index (χ1) is 9.64. The molecule has 0 aromatic carbocycles. The molecule has 22 heavy (non-hydrogen) atoms. The number of nitrogens with zero attached hydrogens (tertiary/aromatic N) is 1. The quantitative estimate of drug-likeness (QED) is 0.766. The SMILES string of the molecule is CCC(N)(C(=O)O)N(C(=O)OC(C)(C)C)C(=O)OC(C)(C)C. The van der Waals surface area contributed by atoms with Gasteiger partial charge in [0.15, 0.2) is 0 Å². The molecule has 0 heterocycles. The maximum atomic E-state index is 12.3. The van der Waals surface area contributed by atoms with Crippen molar-refractivity contribution in [2.75, 3.05) is 0 Å². The monoisotopic (exact) mass is 318 g/mol. The highest BCUT2D eigenvalue weighted by molar-refractivity contribution is 5.95. The topological polar surface area (TPSA) is 119 Å². The summed E-state index contributed by atoms with van der Waals surface area (Å²) in [6.45, 7) is 11.0. The molecule has 0 saturated carbocycles. The van der Waals surface area contributed by atoms with Gasteiger partial charge in [0.25, 0.3) is 0 Å². The minimum Gasteiger partial charge on any atom is -0.478 e. The van der Waals surface area contributed by atoms with Crippen LogP contribution in [0.4, 0.5) is 9.59 Å². The van der Waals surface area contributed by atoms with Gasteiger partial charge in [-0.15, -0.1) is 0 Å². The van der Waals surface area contributed by atoms with Crippen molar-refractivity contribution in [3.05, 3.63) is 0 Å². The number of hydrogen-bond donors (Lipinski definition) is 2. The zero-order valence-corrected chi connectivity index (χ0v) is 14.2. The smallest absolute Gasteiger partial charge is 0.421 e. The summed E-state index contributed by atoms with van der Waals surface area (Å²) in [5, 5.41) is 9.32. The Balaban J connectivity index is 5.73. The Bertz CT molecular complexity index is 421. The second kappa shape index (κ2) is 6.51. The lowest BCUT2D eigenvalue weighted by atomic mass is 10.1. The number of carbonyl (C=O) groups is 3. The van der Waals surface area contributed by atoms with E-state index < -0.39 is 35.0 Å². The van der Waals surface area contributed by atoms with E-state index >= 15 is 0 Å². The molecule has 1 unspecified atom stereocenters. The fraction of sp³-hybridized carbons (Fsp3) is 0.786. The number of amides is 2. The average Bonchev–Trinajstić information content (AvgIpc) is 2.23. The highest BCUT2D eigenvalue weighted by Crippen LogP contribution is 2.22. The van der Waals surface area contributed by atoms with Crippen molar-refractivity contribution in [1.29, 1.82) is 0 Å². The van der Waals surface area contributed by atoms with Crippen LogP contribution in [0.2, 0.25) is 0 Å². The molecule has 128 valence electrons. The number of carboxylic acids is 1. The van der Waals surface area contributed by atoms with E-state index in [0.29, 0.717) is 4.90 Å². The zero-order valence-electron chi connectivity index (χ0n) is 14.2. The molecule has 0 aliphatic rings. The normalized spacial score (nSPS) is 14.7. The Morgan fingerprint density at radius 3 is 1.45 bits per heavy atom. The van der Waals surface area contributed by atoms with E-state index in [1.807, 2.05) is 0 Å². The van der Waals surface area contributed by atoms with Crippen molar-refractivity contribution in [1.82, 2.24) is 4.90 Å². The summed E-state index contributed by atoms with van der Waals surface area (Å²) in [5.74, 6) is -1.54. The minimum atomic E-state index is -2.26. The van der Waals surface area contributed by atoms with Gasteiger partial charge in [-0.05, 0) is 48.0 Å². The number of aliphatic carboxylic acids is 1. The molecule has 8 nitrogen and oxygen atoms in total. The Morgan fingerprint density at radius 2 is 1.27 bits per heavy atom. The lowest BCUT2D eigenvalue weighted by molar-refractivity contribution is -0.151. The molecule has 0 aromatic heterocycles. The van der Waals surface area contributed by atoms with Crippen LogP contribution in [0.15, 0.2) is 0 Å². The molecule has 0 spiro atoms. The van der Waals surface area contributed by atoms with Gasteiger partial charge in [0.1, 0.15) is 11.2 Å². The highest BCUT2D eigenvalue weighted by atomic mass is 16.6.